The average Bonchev–Trinajstić information content (AvgIpc) is 3.08. The fraction of sp³-hybridized carbons (Fsp3) is 0.714. The van der Waals surface area contributed by atoms with Crippen LogP contribution in [0.1, 0.15) is 24.8 Å². The van der Waals surface area contributed by atoms with Gasteiger partial charge in [0.15, 0.2) is 0 Å². The Morgan fingerprint density at radius 1 is 1.20 bits per heavy atom. The zero-order valence-electron chi connectivity index (χ0n) is 12.1. The first-order chi connectivity index (χ1) is 9.83. The van der Waals surface area contributed by atoms with E-state index in [4.69, 9.17) is 9.47 Å². The van der Waals surface area contributed by atoms with E-state index in [2.05, 4.69) is 20.2 Å². The van der Waals surface area contributed by atoms with Gasteiger partial charge in [-0.25, -0.2) is 9.97 Å². The van der Waals surface area contributed by atoms with Crippen molar-refractivity contribution < 1.29 is 9.47 Å². The van der Waals surface area contributed by atoms with Gasteiger partial charge in [-0.2, -0.15) is 0 Å². The predicted molar refractivity (Wildman–Crippen MR) is 75.0 cm³/mol. The van der Waals surface area contributed by atoms with Crippen molar-refractivity contribution in [2.24, 2.45) is 0 Å². The van der Waals surface area contributed by atoms with Gasteiger partial charge in [0.2, 0.25) is 11.8 Å². The van der Waals surface area contributed by atoms with Gasteiger partial charge in [-0.3, -0.25) is 4.90 Å². The van der Waals surface area contributed by atoms with E-state index in [1.807, 2.05) is 0 Å². The summed E-state index contributed by atoms with van der Waals surface area (Å²) in [5.41, 5.74) is 0.897. The number of nitrogens with zero attached hydrogens (tertiary/aromatic N) is 3. The van der Waals surface area contributed by atoms with Crippen LogP contribution in [0.5, 0.6) is 11.8 Å². The summed E-state index contributed by atoms with van der Waals surface area (Å²) in [6.07, 6.45) is 5.31. The molecule has 2 saturated heterocycles. The summed E-state index contributed by atoms with van der Waals surface area (Å²) >= 11 is 0. The number of aromatic nitrogens is 2. The lowest BCUT2D eigenvalue weighted by atomic mass is 10.1. The number of nitrogens with one attached hydrogen (secondary N) is 1. The Hall–Kier alpha value is -1.40. The molecule has 0 saturated carbocycles. The molecule has 6 heteroatoms. The van der Waals surface area contributed by atoms with Crippen molar-refractivity contribution in [3.63, 3.8) is 0 Å². The van der Waals surface area contributed by atoms with Crippen molar-refractivity contribution >= 4 is 0 Å². The van der Waals surface area contributed by atoms with Crippen LogP contribution in [0, 0.1) is 0 Å². The highest BCUT2D eigenvalue weighted by molar-refractivity contribution is 5.34. The highest BCUT2D eigenvalue weighted by Gasteiger charge is 2.36. The molecule has 0 radical (unpaired) electrons. The van der Waals surface area contributed by atoms with Gasteiger partial charge in [0.1, 0.15) is 6.33 Å². The molecule has 2 aliphatic rings. The molecule has 1 aromatic rings. The maximum absolute atomic E-state index is 5.31. The first-order valence-electron chi connectivity index (χ1n) is 7.22. The Bertz CT molecular complexity index is 446. The largest absolute Gasteiger partial charge is 0.481 e. The minimum atomic E-state index is 0.548. The van der Waals surface area contributed by atoms with Crippen LogP contribution in [0.25, 0.3) is 0 Å². The lowest BCUT2D eigenvalue weighted by Gasteiger charge is -2.22. The van der Waals surface area contributed by atoms with Crippen molar-refractivity contribution in [3.05, 3.63) is 11.9 Å². The second-order valence-corrected chi connectivity index (χ2v) is 5.39. The molecular formula is C14H22N4O2. The highest BCUT2D eigenvalue weighted by atomic mass is 16.5. The lowest BCUT2D eigenvalue weighted by molar-refractivity contribution is 0.296. The monoisotopic (exact) mass is 278 g/mol. The molecule has 6 nitrogen and oxygen atoms in total. The van der Waals surface area contributed by atoms with Gasteiger partial charge in [-0.1, -0.05) is 0 Å². The van der Waals surface area contributed by atoms with Crippen LogP contribution in [-0.2, 0) is 6.54 Å². The van der Waals surface area contributed by atoms with Crippen molar-refractivity contribution in [1.29, 1.82) is 0 Å². The van der Waals surface area contributed by atoms with Crippen molar-refractivity contribution in [3.8, 4) is 11.8 Å². The molecule has 110 valence electrons. The summed E-state index contributed by atoms with van der Waals surface area (Å²) < 4.78 is 10.6. The summed E-state index contributed by atoms with van der Waals surface area (Å²) in [6.45, 7) is 3.15. The van der Waals surface area contributed by atoms with Crippen molar-refractivity contribution in [2.75, 3.05) is 27.3 Å². The second kappa shape index (κ2) is 5.93. The molecule has 2 unspecified atom stereocenters. The summed E-state index contributed by atoms with van der Waals surface area (Å²) in [5.74, 6) is 1.18. The third-order valence-electron chi connectivity index (χ3n) is 4.40. The van der Waals surface area contributed by atoms with Gasteiger partial charge in [0.05, 0.1) is 19.8 Å². The first kappa shape index (κ1) is 13.6. The van der Waals surface area contributed by atoms with E-state index in [1.54, 1.807) is 14.2 Å². The third-order valence-corrected chi connectivity index (χ3v) is 4.40. The molecule has 0 amide bonds. The second-order valence-electron chi connectivity index (χ2n) is 5.39. The Balaban J connectivity index is 1.69. The summed E-state index contributed by atoms with van der Waals surface area (Å²) in [6, 6.07) is 1.24. The molecule has 3 heterocycles. The van der Waals surface area contributed by atoms with Gasteiger partial charge >= 0.3 is 0 Å². The quantitative estimate of drug-likeness (QED) is 0.860. The standard InChI is InChI=1S/C14H22N4O2/c1-19-13-10(14(20-2)17-9-16-13)8-15-11-5-7-18-6-3-4-12(11)18/h9,11-12,15H,3-8H2,1-2H3. The van der Waals surface area contributed by atoms with Gasteiger partial charge in [-0.05, 0) is 25.8 Å². The van der Waals surface area contributed by atoms with Gasteiger partial charge in [-0.15, -0.1) is 0 Å². The molecule has 1 aromatic heterocycles. The molecule has 0 aromatic carbocycles. The zero-order valence-corrected chi connectivity index (χ0v) is 12.1. The molecule has 2 fully saturated rings. The van der Waals surface area contributed by atoms with E-state index in [-0.39, 0.29) is 0 Å². The van der Waals surface area contributed by atoms with Crippen LogP contribution in [0.15, 0.2) is 6.33 Å². The van der Waals surface area contributed by atoms with Crippen LogP contribution >= 0.6 is 0 Å². The van der Waals surface area contributed by atoms with E-state index < -0.39 is 0 Å². The molecule has 2 aliphatic heterocycles. The van der Waals surface area contributed by atoms with E-state index >= 15 is 0 Å². The fourth-order valence-electron chi connectivity index (χ4n) is 3.44. The molecule has 3 rings (SSSR count). The molecule has 1 N–H and O–H groups in total. The van der Waals surface area contributed by atoms with Crippen LogP contribution in [0.3, 0.4) is 0 Å². The van der Waals surface area contributed by atoms with Crippen molar-refractivity contribution in [2.45, 2.75) is 37.9 Å². The lowest BCUT2D eigenvalue weighted by Crippen LogP contribution is -2.38. The third kappa shape index (κ3) is 2.45. The van der Waals surface area contributed by atoms with Gasteiger partial charge < -0.3 is 14.8 Å². The Morgan fingerprint density at radius 3 is 2.65 bits per heavy atom. The average molecular weight is 278 g/mol. The van der Waals surface area contributed by atoms with Crippen LogP contribution in [0.4, 0.5) is 0 Å². The van der Waals surface area contributed by atoms with E-state index in [9.17, 15) is 0 Å². The zero-order chi connectivity index (χ0) is 13.9. The van der Waals surface area contributed by atoms with Crippen LogP contribution in [0.2, 0.25) is 0 Å². The fourth-order valence-corrected chi connectivity index (χ4v) is 3.44. The number of methoxy groups -OCH3 is 2. The minimum Gasteiger partial charge on any atom is -0.481 e. The number of fused-ring (bicyclic) bond motifs is 1. The SMILES string of the molecule is COc1ncnc(OC)c1CNC1CCN2CCCC12. The molecule has 0 aliphatic carbocycles. The summed E-state index contributed by atoms with van der Waals surface area (Å²) in [7, 11) is 3.25. The molecular weight excluding hydrogens is 256 g/mol. The Morgan fingerprint density at radius 2 is 1.95 bits per heavy atom. The van der Waals surface area contributed by atoms with Gasteiger partial charge in [0, 0.05) is 25.2 Å². The maximum atomic E-state index is 5.31. The first-order valence-corrected chi connectivity index (χ1v) is 7.22. The normalized spacial score (nSPS) is 25.7. The number of rotatable bonds is 5. The number of hydrogen-bond acceptors (Lipinski definition) is 6. The Labute approximate surface area is 119 Å². The Kier molecular flexibility index (Phi) is 4.03. The molecule has 0 spiro atoms. The smallest absolute Gasteiger partial charge is 0.224 e. The number of hydrogen-bond donors (Lipinski definition) is 1. The highest BCUT2D eigenvalue weighted by Crippen LogP contribution is 2.29. The predicted octanol–water partition coefficient (Wildman–Crippen LogP) is 0.820. The molecule has 0 bridgehead atoms. The molecule has 20 heavy (non-hydrogen) atoms. The van der Waals surface area contributed by atoms with Crippen molar-refractivity contribution in [1.82, 2.24) is 20.2 Å². The number of ether oxygens (including phenoxy) is 2. The topological polar surface area (TPSA) is 59.5 Å². The maximum Gasteiger partial charge on any atom is 0.224 e. The van der Waals surface area contributed by atoms with Crippen LogP contribution < -0.4 is 14.8 Å². The minimum absolute atomic E-state index is 0.548. The van der Waals surface area contributed by atoms with E-state index in [1.165, 1.54) is 38.7 Å². The summed E-state index contributed by atoms with van der Waals surface area (Å²) in [4.78, 5) is 10.9. The van der Waals surface area contributed by atoms with E-state index in [0.29, 0.717) is 30.4 Å². The van der Waals surface area contributed by atoms with Crippen LogP contribution in [-0.4, -0.2) is 54.3 Å². The summed E-state index contributed by atoms with van der Waals surface area (Å²) in [5, 5.41) is 3.64. The molecule has 2 atom stereocenters. The van der Waals surface area contributed by atoms with Gasteiger partial charge in [0.25, 0.3) is 0 Å². The van der Waals surface area contributed by atoms with E-state index in [0.717, 1.165) is 5.56 Å².